The van der Waals surface area contributed by atoms with Crippen LogP contribution in [0.1, 0.15) is 11.1 Å². The number of para-hydroxylation sites is 2. The number of hydrogen-bond acceptors (Lipinski definition) is 2. The molecule has 0 fully saturated rings. The van der Waals surface area contributed by atoms with Crippen molar-refractivity contribution in [3.63, 3.8) is 0 Å². The van der Waals surface area contributed by atoms with Gasteiger partial charge in [0.1, 0.15) is 12.4 Å². The molecule has 0 atom stereocenters. The molecule has 19 heavy (non-hydrogen) atoms. The second-order valence-electron chi connectivity index (χ2n) is 4.18. The Bertz CT molecular complexity index is 587. The van der Waals surface area contributed by atoms with Crippen LogP contribution in [0.5, 0.6) is 5.75 Å². The standard InChI is InChI=1S/C17H17NO/c1-3-12-19-17-11-7-5-9-15(17)13-18-16-10-6-4-8-14(16)2/h3-11,13H,1,12H2,2H3. The fraction of sp³-hybridized carbons (Fsp3) is 0.118. The van der Waals surface area contributed by atoms with Crippen LogP contribution in [-0.2, 0) is 0 Å². The van der Waals surface area contributed by atoms with E-state index in [1.54, 1.807) is 6.08 Å². The van der Waals surface area contributed by atoms with Crippen LogP contribution in [0.25, 0.3) is 0 Å². The summed E-state index contributed by atoms with van der Waals surface area (Å²) in [4.78, 5) is 4.51. The van der Waals surface area contributed by atoms with Gasteiger partial charge in [-0.1, -0.05) is 43.0 Å². The molecule has 0 aliphatic heterocycles. The molecular weight excluding hydrogens is 234 g/mol. The second-order valence-corrected chi connectivity index (χ2v) is 4.18. The predicted molar refractivity (Wildman–Crippen MR) is 80.6 cm³/mol. The van der Waals surface area contributed by atoms with Crippen LogP contribution in [0.2, 0.25) is 0 Å². The van der Waals surface area contributed by atoms with E-state index in [9.17, 15) is 0 Å². The summed E-state index contributed by atoms with van der Waals surface area (Å²) in [6.07, 6.45) is 3.57. The fourth-order valence-electron chi connectivity index (χ4n) is 1.71. The van der Waals surface area contributed by atoms with Crippen molar-refractivity contribution < 1.29 is 4.74 Å². The summed E-state index contributed by atoms with van der Waals surface area (Å²) in [6.45, 7) is 6.20. The fourth-order valence-corrected chi connectivity index (χ4v) is 1.71. The molecule has 0 aromatic heterocycles. The van der Waals surface area contributed by atoms with Crippen molar-refractivity contribution in [1.29, 1.82) is 0 Å². The van der Waals surface area contributed by atoms with Crippen molar-refractivity contribution >= 4 is 11.9 Å². The number of aliphatic imine (C=N–C) groups is 1. The molecule has 0 N–H and O–H groups in total. The molecule has 2 aromatic carbocycles. The zero-order valence-electron chi connectivity index (χ0n) is 11.0. The highest BCUT2D eigenvalue weighted by Gasteiger charge is 1.99. The Morgan fingerprint density at radius 3 is 2.63 bits per heavy atom. The lowest BCUT2D eigenvalue weighted by Gasteiger charge is -2.06. The van der Waals surface area contributed by atoms with Gasteiger partial charge in [0.05, 0.1) is 5.69 Å². The minimum absolute atomic E-state index is 0.495. The zero-order valence-corrected chi connectivity index (χ0v) is 11.0. The molecule has 0 aliphatic carbocycles. The van der Waals surface area contributed by atoms with Crippen LogP contribution in [-0.4, -0.2) is 12.8 Å². The summed E-state index contributed by atoms with van der Waals surface area (Å²) >= 11 is 0. The van der Waals surface area contributed by atoms with Gasteiger partial charge in [-0.3, -0.25) is 4.99 Å². The maximum Gasteiger partial charge on any atom is 0.128 e. The molecule has 0 bridgehead atoms. The molecule has 0 saturated carbocycles. The Labute approximate surface area is 114 Å². The van der Waals surface area contributed by atoms with Gasteiger partial charge >= 0.3 is 0 Å². The number of benzene rings is 2. The molecule has 0 aliphatic rings. The van der Waals surface area contributed by atoms with E-state index in [1.807, 2.05) is 61.7 Å². The molecule has 2 aromatic rings. The first-order chi connectivity index (χ1) is 9.31. The molecule has 0 radical (unpaired) electrons. The number of ether oxygens (including phenoxy) is 1. The van der Waals surface area contributed by atoms with Crippen molar-refractivity contribution in [3.8, 4) is 5.75 Å². The van der Waals surface area contributed by atoms with Gasteiger partial charge in [0.2, 0.25) is 0 Å². The van der Waals surface area contributed by atoms with E-state index < -0.39 is 0 Å². The third kappa shape index (κ3) is 3.55. The average Bonchev–Trinajstić information content (AvgIpc) is 2.45. The van der Waals surface area contributed by atoms with E-state index in [2.05, 4.69) is 11.6 Å². The van der Waals surface area contributed by atoms with Crippen LogP contribution >= 0.6 is 0 Å². The van der Waals surface area contributed by atoms with Crippen LogP contribution in [0.4, 0.5) is 5.69 Å². The smallest absolute Gasteiger partial charge is 0.128 e. The molecule has 2 rings (SSSR count). The summed E-state index contributed by atoms with van der Waals surface area (Å²) in [6, 6.07) is 15.9. The minimum Gasteiger partial charge on any atom is -0.489 e. The van der Waals surface area contributed by atoms with Crippen molar-refractivity contribution in [3.05, 3.63) is 72.3 Å². The second kappa shape index (κ2) is 6.55. The van der Waals surface area contributed by atoms with E-state index in [0.29, 0.717) is 6.61 Å². The highest BCUT2D eigenvalue weighted by molar-refractivity contribution is 5.85. The molecule has 0 saturated heterocycles. The minimum atomic E-state index is 0.495. The van der Waals surface area contributed by atoms with Crippen LogP contribution < -0.4 is 4.74 Å². The largest absolute Gasteiger partial charge is 0.489 e. The van der Waals surface area contributed by atoms with Crippen molar-refractivity contribution in [1.82, 2.24) is 0 Å². The van der Waals surface area contributed by atoms with E-state index in [0.717, 1.165) is 22.6 Å². The molecule has 2 nitrogen and oxygen atoms in total. The van der Waals surface area contributed by atoms with Crippen LogP contribution in [0.15, 0.2) is 66.2 Å². The topological polar surface area (TPSA) is 21.6 Å². The first-order valence-corrected chi connectivity index (χ1v) is 6.23. The van der Waals surface area contributed by atoms with Gasteiger partial charge in [0, 0.05) is 11.8 Å². The molecule has 0 unspecified atom stereocenters. The van der Waals surface area contributed by atoms with Gasteiger partial charge in [-0.05, 0) is 30.7 Å². The third-order valence-corrected chi connectivity index (χ3v) is 2.73. The molecule has 0 spiro atoms. The van der Waals surface area contributed by atoms with Gasteiger partial charge in [-0.15, -0.1) is 0 Å². The number of aryl methyl sites for hydroxylation is 1. The predicted octanol–water partition coefficient (Wildman–Crippen LogP) is 4.31. The first kappa shape index (κ1) is 13.1. The summed E-state index contributed by atoms with van der Waals surface area (Å²) in [5.41, 5.74) is 3.09. The summed E-state index contributed by atoms with van der Waals surface area (Å²) in [7, 11) is 0. The maximum absolute atomic E-state index is 5.60. The molecule has 96 valence electrons. The zero-order chi connectivity index (χ0) is 13.5. The average molecular weight is 251 g/mol. The van der Waals surface area contributed by atoms with E-state index in [1.165, 1.54) is 0 Å². The lowest BCUT2D eigenvalue weighted by molar-refractivity contribution is 0.363. The van der Waals surface area contributed by atoms with Crippen molar-refractivity contribution in [2.75, 3.05) is 6.61 Å². The third-order valence-electron chi connectivity index (χ3n) is 2.73. The van der Waals surface area contributed by atoms with Crippen molar-refractivity contribution in [2.45, 2.75) is 6.92 Å². The highest BCUT2D eigenvalue weighted by atomic mass is 16.5. The first-order valence-electron chi connectivity index (χ1n) is 6.23. The molecular formula is C17H17NO. The summed E-state index contributed by atoms with van der Waals surface area (Å²) in [5.74, 6) is 0.819. The lowest BCUT2D eigenvalue weighted by atomic mass is 10.2. The monoisotopic (exact) mass is 251 g/mol. The summed E-state index contributed by atoms with van der Waals surface area (Å²) < 4.78 is 5.60. The normalized spacial score (nSPS) is 10.6. The Balaban J connectivity index is 2.23. The number of nitrogens with zero attached hydrogens (tertiary/aromatic N) is 1. The SMILES string of the molecule is C=CCOc1ccccc1C=Nc1ccccc1C. The van der Waals surface area contributed by atoms with E-state index in [4.69, 9.17) is 4.74 Å². The Morgan fingerprint density at radius 2 is 1.84 bits per heavy atom. The van der Waals surface area contributed by atoms with Crippen molar-refractivity contribution in [2.24, 2.45) is 4.99 Å². The van der Waals surface area contributed by atoms with Gasteiger partial charge in [-0.25, -0.2) is 0 Å². The van der Waals surface area contributed by atoms with Gasteiger partial charge in [-0.2, -0.15) is 0 Å². The number of hydrogen-bond donors (Lipinski definition) is 0. The molecule has 0 heterocycles. The van der Waals surface area contributed by atoms with E-state index in [-0.39, 0.29) is 0 Å². The molecule has 2 heteroatoms. The Kier molecular flexibility index (Phi) is 4.51. The lowest BCUT2D eigenvalue weighted by Crippen LogP contribution is -1.96. The molecule has 0 amide bonds. The number of rotatable bonds is 5. The van der Waals surface area contributed by atoms with Crippen LogP contribution in [0, 0.1) is 6.92 Å². The van der Waals surface area contributed by atoms with Gasteiger partial charge in [0.15, 0.2) is 0 Å². The van der Waals surface area contributed by atoms with Gasteiger partial charge < -0.3 is 4.74 Å². The summed E-state index contributed by atoms with van der Waals surface area (Å²) in [5, 5.41) is 0. The Morgan fingerprint density at radius 1 is 1.11 bits per heavy atom. The van der Waals surface area contributed by atoms with Gasteiger partial charge in [0.25, 0.3) is 0 Å². The highest BCUT2D eigenvalue weighted by Crippen LogP contribution is 2.20. The Hall–Kier alpha value is -2.35. The maximum atomic E-state index is 5.60. The van der Waals surface area contributed by atoms with Crippen LogP contribution in [0.3, 0.4) is 0 Å². The van der Waals surface area contributed by atoms with E-state index >= 15 is 0 Å². The quantitative estimate of drug-likeness (QED) is 0.573.